The first-order valence-corrected chi connectivity index (χ1v) is 5.96. The van der Waals surface area contributed by atoms with Crippen LogP contribution in [0.4, 0.5) is 5.82 Å². The molecule has 1 N–H and O–H groups in total. The molecule has 0 atom stereocenters. The molecular weight excluding hydrogens is 218 g/mol. The Morgan fingerprint density at radius 1 is 1.29 bits per heavy atom. The highest BCUT2D eigenvalue weighted by Gasteiger charge is 2.05. The van der Waals surface area contributed by atoms with E-state index < -0.39 is 0 Å². The maximum atomic E-state index is 5.40. The average Bonchev–Trinajstić information content (AvgIpc) is 2.35. The van der Waals surface area contributed by atoms with E-state index in [9.17, 15) is 0 Å². The first-order valence-electron chi connectivity index (χ1n) is 5.96. The molecule has 1 aromatic heterocycles. The molecule has 0 amide bonds. The van der Waals surface area contributed by atoms with Crippen LogP contribution >= 0.6 is 0 Å². The first-order chi connectivity index (χ1) is 8.29. The molecule has 1 heterocycles. The van der Waals surface area contributed by atoms with Crippen LogP contribution in [0.25, 0.3) is 0 Å². The quantitative estimate of drug-likeness (QED) is 0.703. The molecule has 0 radical (unpaired) electrons. The molecule has 5 nitrogen and oxygen atoms in total. The molecule has 5 heteroatoms. The molecule has 0 aliphatic carbocycles. The zero-order valence-corrected chi connectivity index (χ0v) is 10.8. The summed E-state index contributed by atoms with van der Waals surface area (Å²) in [6, 6.07) is 0. The average molecular weight is 239 g/mol. The predicted molar refractivity (Wildman–Crippen MR) is 67.5 cm³/mol. The van der Waals surface area contributed by atoms with Crippen molar-refractivity contribution in [1.29, 1.82) is 0 Å². The lowest BCUT2D eigenvalue weighted by Crippen LogP contribution is -2.09. The third kappa shape index (κ3) is 4.56. The lowest BCUT2D eigenvalue weighted by Gasteiger charge is -2.10. The van der Waals surface area contributed by atoms with Crippen LogP contribution in [-0.4, -0.2) is 36.8 Å². The Labute approximate surface area is 103 Å². The maximum absolute atomic E-state index is 5.40. The van der Waals surface area contributed by atoms with Crippen molar-refractivity contribution >= 4 is 5.82 Å². The Morgan fingerprint density at radius 3 is 2.82 bits per heavy atom. The summed E-state index contributed by atoms with van der Waals surface area (Å²) in [7, 11) is 1.61. The van der Waals surface area contributed by atoms with Gasteiger partial charge in [-0.05, 0) is 19.8 Å². The molecule has 96 valence electrons. The van der Waals surface area contributed by atoms with Gasteiger partial charge < -0.3 is 14.8 Å². The molecule has 1 rings (SSSR count). The van der Waals surface area contributed by atoms with Crippen molar-refractivity contribution in [3.05, 3.63) is 11.9 Å². The van der Waals surface area contributed by atoms with Crippen LogP contribution in [0.1, 0.15) is 25.3 Å². The third-order valence-electron chi connectivity index (χ3n) is 2.34. The van der Waals surface area contributed by atoms with Crippen LogP contribution in [-0.2, 0) is 4.74 Å². The Bertz CT molecular complexity index is 332. The van der Waals surface area contributed by atoms with E-state index in [1.165, 1.54) is 6.33 Å². The summed E-state index contributed by atoms with van der Waals surface area (Å²) in [6.07, 6.45) is 3.53. The SMILES string of the molecule is CCCOCCCNc1ncnc(OC)c1C. The van der Waals surface area contributed by atoms with Crippen molar-refractivity contribution in [2.45, 2.75) is 26.7 Å². The molecule has 0 aliphatic heterocycles. The second-order valence-corrected chi connectivity index (χ2v) is 3.75. The van der Waals surface area contributed by atoms with Crippen LogP contribution in [0.15, 0.2) is 6.33 Å². The fourth-order valence-corrected chi connectivity index (χ4v) is 1.45. The van der Waals surface area contributed by atoms with Gasteiger partial charge in [-0.15, -0.1) is 0 Å². The van der Waals surface area contributed by atoms with E-state index in [4.69, 9.17) is 9.47 Å². The lowest BCUT2D eigenvalue weighted by atomic mass is 10.3. The van der Waals surface area contributed by atoms with Gasteiger partial charge in [0, 0.05) is 19.8 Å². The van der Waals surface area contributed by atoms with Gasteiger partial charge in [-0.2, -0.15) is 0 Å². The van der Waals surface area contributed by atoms with Crippen LogP contribution < -0.4 is 10.1 Å². The fraction of sp³-hybridized carbons (Fsp3) is 0.667. The van der Waals surface area contributed by atoms with Gasteiger partial charge in [0.25, 0.3) is 0 Å². The van der Waals surface area contributed by atoms with Gasteiger partial charge >= 0.3 is 0 Å². The molecule has 0 aliphatic rings. The van der Waals surface area contributed by atoms with Gasteiger partial charge in [0.2, 0.25) is 5.88 Å². The predicted octanol–water partition coefficient (Wildman–Crippen LogP) is 2.02. The number of nitrogens with one attached hydrogen (secondary N) is 1. The smallest absolute Gasteiger partial charge is 0.221 e. The van der Waals surface area contributed by atoms with Gasteiger partial charge in [0.05, 0.1) is 12.7 Å². The second-order valence-electron chi connectivity index (χ2n) is 3.75. The zero-order valence-electron chi connectivity index (χ0n) is 10.8. The Hall–Kier alpha value is -1.36. The third-order valence-corrected chi connectivity index (χ3v) is 2.34. The summed E-state index contributed by atoms with van der Waals surface area (Å²) in [5, 5.41) is 3.25. The van der Waals surface area contributed by atoms with Crippen molar-refractivity contribution in [2.24, 2.45) is 0 Å². The molecule has 0 saturated heterocycles. The number of aromatic nitrogens is 2. The zero-order chi connectivity index (χ0) is 12.5. The summed E-state index contributed by atoms with van der Waals surface area (Å²) in [5.41, 5.74) is 0.935. The van der Waals surface area contributed by atoms with Gasteiger partial charge in [0.15, 0.2) is 0 Å². The molecule has 0 fully saturated rings. The van der Waals surface area contributed by atoms with Crippen LogP contribution in [0, 0.1) is 6.92 Å². The monoisotopic (exact) mass is 239 g/mol. The number of hydrogen-bond acceptors (Lipinski definition) is 5. The summed E-state index contributed by atoms with van der Waals surface area (Å²) in [4.78, 5) is 8.21. The van der Waals surface area contributed by atoms with E-state index in [1.807, 2.05) is 6.92 Å². The van der Waals surface area contributed by atoms with Crippen molar-refractivity contribution < 1.29 is 9.47 Å². The highest BCUT2D eigenvalue weighted by molar-refractivity contribution is 5.47. The van der Waals surface area contributed by atoms with E-state index in [2.05, 4.69) is 22.2 Å². The molecule has 0 unspecified atom stereocenters. The highest BCUT2D eigenvalue weighted by Crippen LogP contribution is 2.19. The molecule has 17 heavy (non-hydrogen) atoms. The molecule has 0 saturated carbocycles. The normalized spacial score (nSPS) is 10.3. The van der Waals surface area contributed by atoms with Crippen molar-refractivity contribution in [3.63, 3.8) is 0 Å². The van der Waals surface area contributed by atoms with Gasteiger partial charge in [-0.25, -0.2) is 9.97 Å². The van der Waals surface area contributed by atoms with Crippen LogP contribution in [0.3, 0.4) is 0 Å². The second kappa shape index (κ2) is 7.84. The van der Waals surface area contributed by atoms with Crippen LogP contribution in [0.5, 0.6) is 5.88 Å². The summed E-state index contributed by atoms with van der Waals surface area (Å²) < 4.78 is 10.5. The Kier molecular flexibility index (Phi) is 6.32. The van der Waals surface area contributed by atoms with E-state index >= 15 is 0 Å². The van der Waals surface area contributed by atoms with E-state index in [0.717, 1.165) is 44.0 Å². The maximum Gasteiger partial charge on any atom is 0.221 e. The minimum absolute atomic E-state index is 0.615. The Morgan fingerprint density at radius 2 is 2.12 bits per heavy atom. The van der Waals surface area contributed by atoms with Crippen LogP contribution in [0.2, 0.25) is 0 Å². The minimum Gasteiger partial charge on any atom is -0.481 e. The van der Waals surface area contributed by atoms with E-state index in [0.29, 0.717) is 5.88 Å². The van der Waals surface area contributed by atoms with Crippen molar-refractivity contribution in [3.8, 4) is 5.88 Å². The van der Waals surface area contributed by atoms with Gasteiger partial charge in [0.1, 0.15) is 12.1 Å². The largest absolute Gasteiger partial charge is 0.481 e. The number of hydrogen-bond donors (Lipinski definition) is 1. The van der Waals surface area contributed by atoms with Gasteiger partial charge in [-0.3, -0.25) is 0 Å². The number of nitrogens with zero attached hydrogens (tertiary/aromatic N) is 2. The fourth-order valence-electron chi connectivity index (χ4n) is 1.45. The number of rotatable bonds is 8. The van der Waals surface area contributed by atoms with Gasteiger partial charge in [-0.1, -0.05) is 6.92 Å². The molecule has 0 bridgehead atoms. The Balaban J connectivity index is 2.31. The van der Waals surface area contributed by atoms with Crippen molar-refractivity contribution in [1.82, 2.24) is 9.97 Å². The van der Waals surface area contributed by atoms with Crippen molar-refractivity contribution in [2.75, 3.05) is 32.2 Å². The summed E-state index contributed by atoms with van der Waals surface area (Å²) >= 11 is 0. The standard InChI is InChI=1S/C12H21N3O2/c1-4-7-17-8-5-6-13-11-10(2)12(16-3)15-9-14-11/h9H,4-8H2,1-3H3,(H,13,14,15). The molecule has 0 spiro atoms. The number of anilines is 1. The number of methoxy groups -OCH3 is 1. The van der Waals surface area contributed by atoms with E-state index in [-0.39, 0.29) is 0 Å². The van der Waals surface area contributed by atoms with E-state index in [1.54, 1.807) is 7.11 Å². The first kappa shape index (κ1) is 13.7. The molecular formula is C12H21N3O2. The highest BCUT2D eigenvalue weighted by atomic mass is 16.5. The summed E-state index contributed by atoms with van der Waals surface area (Å²) in [5.74, 6) is 1.44. The number of ether oxygens (including phenoxy) is 2. The molecule has 1 aromatic rings. The molecule has 0 aromatic carbocycles. The summed E-state index contributed by atoms with van der Waals surface area (Å²) in [6.45, 7) is 6.50. The minimum atomic E-state index is 0.615. The topological polar surface area (TPSA) is 56.3 Å². The lowest BCUT2D eigenvalue weighted by molar-refractivity contribution is 0.134.